The number of nitrogens with two attached hydrogens (primary N) is 1. The van der Waals surface area contributed by atoms with Gasteiger partial charge >= 0.3 is 0 Å². The Hall–Kier alpha value is -1.96. The molecule has 0 saturated heterocycles. The largest absolute Gasteiger partial charge is 0.319 e. The Kier molecular flexibility index (Phi) is 4.03. The monoisotopic (exact) mass is 311 g/mol. The van der Waals surface area contributed by atoms with Gasteiger partial charge in [0.2, 0.25) is 10.0 Å². The first-order valence-electron chi connectivity index (χ1n) is 5.42. The van der Waals surface area contributed by atoms with Gasteiger partial charge in [-0.15, -0.1) is 0 Å². The van der Waals surface area contributed by atoms with Crippen molar-refractivity contribution in [2.75, 3.05) is 5.32 Å². The molecular weight excluding hydrogens is 302 g/mol. The standard InChI is InChI=1S/C12H10ClN3O3S/c13-8-5-6-15-10(7-8)12(17)16-9-3-1-2-4-11(9)20(14,18)19/h1-7H,(H,16,17)(H2,14,18,19). The van der Waals surface area contributed by atoms with E-state index in [1.807, 2.05) is 0 Å². The highest BCUT2D eigenvalue weighted by Crippen LogP contribution is 2.20. The Morgan fingerprint density at radius 1 is 1.25 bits per heavy atom. The van der Waals surface area contributed by atoms with Gasteiger partial charge in [0.05, 0.1) is 5.69 Å². The number of nitrogens with zero attached hydrogens (tertiary/aromatic N) is 1. The van der Waals surface area contributed by atoms with Crippen molar-refractivity contribution in [2.45, 2.75) is 4.90 Å². The van der Waals surface area contributed by atoms with Crippen LogP contribution in [0.3, 0.4) is 0 Å². The molecule has 1 amide bonds. The molecule has 2 aromatic rings. The van der Waals surface area contributed by atoms with Crippen molar-refractivity contribution in [3.05, 3.63) is 53.3 Å². The first-order valence-corrected chi connectivity index (χ1v) is 7.35. The van der Waals surface area contributed by atoms with Gasteiger partial charge in [0.25, 0.3) is 5.91 Å². The summed E-state index contributed by atoms with van der Waals surface area (Å²) in [6.45, 7) is 0. The van der Waals surface area contributed by atoms with Gasteiger partial charge in [0, 0.05) is 11.2 Å². The van der Waals surface area contributed by atoms with E-state index in [0.29, 0.717) is 5.02 Å². The van der Waals surface area contributed by atoms with Crippen LogP contribution in [0.1, 0.15) is 10.5 Å². The third-order valence-corrected chi connectivity index (χ3v) is 3.60. The molecule has 104 valence electrons. The van der Waals surface area contributed by atoms with Crippen LogP contribution < -0.4 is 10.5 Å². The van der Waals surface area contributed by atoms with Gasteiger partial charge in [0.15, 0.2) is 0 Å². The number of hydrogen-bond acceptors (Lipinski definition) is 4. The molecule has 0 bridgehead atoms. The van der Waals surface area contributed by atoms with E-state index in [4.69, 9.17) is 16.7 Å². The number of nitrogens with one attached hydrogen (secondary N) is 1. The Morgan fingerprint density at radius 2 is 1.95 bits per heavy atom. The minimum atomic E-state index is -3.93. The van der Waals surface area contributed by atoms with Gasteiger partial charge in [-0.2, -0.15) is 0 Å². The topological polar surface area (TPSA) is 102 Å². The smallest absolute Gasteiger partial charge is 0.274 e. The summed E-state index contributed by atoms with van der Waals surface area (Å²) in [7, 11) is -3.93. The predicted molar refractivity (Wildman–Crippen MR) is 75.0 cm³/mol. The Labute approximate surface area is 120 Å². The summed E-state index contributed by atoms with van der Waals surface area (Å²) in [5.74, 6) is -0.580. The number of pyridine rings is 1. The average molecular weight is 312 g/mol. The second kappa shape index (κ2) is 5.58. The highest BCUT2D eigenvalue weighted by atomic mass is 35.5. The van der Waals surface area contributed by atoms with Crippen LogP contribution in [0.15, 0.2) is 47.5 Å². The third kappa shape index (κ3) is 3.32. The summed E-state index contributed by atoms with van der Waals surface area (Å²) in [6.07, 6.45) is 1.38. The van der Waals surface area contributed by atoms with Crippen molar-refractivity contribution in [1.29, 1.82) is 0 Å². The number of primary sulfonamides is 1. The van der Waals surface area contributed by atoms with Gasteiger partial charge in [-0.05, 0) is 24.3 Å². The van der Waals surface area contributed by atoms with E-state index >= 15 is 0 Å². The molecule has 2 rings (SSSR count). The molecule has 0 atom stereocenters. The number of para-hydroxylation sites is 1. The van der Waals surface area contributed by atoms with Crippen LogP contribution in [0.25, 0.3) is 0 Å². The first kappa shape index (κ1) is 14.4. The fourth-order valence-corrected chi connectivity index (χ4v) is 2.39. The molecule has 0 aliphatic carbocycles. The molecule has 0 radical (unpaired) electrons. The molecule has 1 aromatic carbocycles. The summed E-state index contributed by atoms with van der Waals surface area (Å²) >= 11 is 5.76. The van der Waals surface area contributed by atoms with E-state index < -0.39 is 15.9 Å². The lowest BCUT2D eigenvalue weighted by atomic mass is 10.3. The van der Waals surface area contributed by atoms with Gasteiger partial charge in [-0.25, -0.2) is 13.6 Å². The van der Waals surface area contributed by atoms with Crippen LogP contribution in [-0.4, -0.2) is 19.3 Å². The second-order valence-corrected chi connectivity index (χ2v) is 5.82. The number of benzene rings is 1. The summed E-state index contributed by atoms with van der Waals surface area (Å²) < 4.78 is 22.8. The molecule has 0 spiro atoms. The van der Waals surface area contributed by atoms with Gasteiger partial charge in [-0.1, -0.05) is 23.7 Å². The zero-order valence-corrected chi connectivity index (χ0v) is 11.6. The molecule has 0 aliphatic heterocycles. The van der Waals surface area contributed by atoms with Crippen LogP contribution in [0.4, 0.5) is 5.69 Å². The Morgan fingerprint density at radius 3 is 2.60 bits per heavy atom. The predicted octanol–water partition coefficient (Wildman–Crippen LogP) is 1.63. The molecule has 1 aromatic heterocycles. The molecule has 0 unspecified atom stereocenters. The van der Waals surface area contributed by atoms with Crippen LogP contribution in [0.5, 0.6) is 0 Å². The molecule has 0 fully saturated rings. The van der Waals surface area contributed by atoms with Crippen molar-refractivity contribution >= 4 is 33.2 Å². The third-order valence-electron chi connectivity index (χ3n) is 2.40. The Balaban J connectivity index is 2.34. The van der Waals surface area contributed by atoms with Crippen LogP contribution >= 0.6 is 11.6 Å². The zero-order chi connectivity index (χ0) is 14.8. The average Bonchev–Trinajstić information content (AvgIpc) is 2.38. The number of halogens is 1. The van der Waals surface area contributed by atoms with E-state index in [-0.39, 0.29) is 16.3 Å². The van der Waals surface area contributed by atoms with Gasteiger partial charge in [-0.3, -0.25) is 9.78 Å². The first-order chi connectivity index (χ1) is 9.38. The summed E-state index contributed by atoms with van der Waals surface area (Å²) in [5, 5.41) is 7.87. The molecule has 3 N–H and O–H groups in total. The minimum Gasteiger partial charge on any atom is -0.319 e. The SMILES string of the molecule is NS(=O)(=O)c1ccccc1NC(=O)c1cc(Cl)ccn1. The molecular formula is C12H10ClN3O3S. The summed E-state index contributed by atoms with van der Waals surface area (Å²) in [6, 6.07) is 8.72. The lowest BCUT2D eigenvalue weighted by Gasteiger charge is -2.09. The number of carbonyl (C=O) groups excluding carboxylic acids is 1. The number of anilines is 1. The number of aromatic nitrogens is 1. The van der Waals surface area contributed by atoms with Crippen molar-refractivity contribution in [2.24, 2.45) is 5.14 Å². The maximum Gasteiger partial charge on any atom is 0.274 e. The van der Waals surface area contributed by atoms with Crippen molar-refractivity contribution in [3.8, 4) is 0 Å². The van der Waals surface area contributed by atoms with Crippen LogP contribution in [-0.2, 0) is 10.0 Å². The van der Waals surface area contributed by atoms with Crippen molar-refractivity contribution in [3.63, 3.8) is 0 Å². The zero-order valence-electron chi connectivity index (χ0n) is 10.1. The van der Waals surface area contributed by atoms with Crippen molar-refractivity contribution in [1.82, 2.24) is 4.98 Å². The highest BCUT2D eigenvalue weighted by molar-refractivity contribution is 7.89. The minimum absolute atomic E-state index is 0.0710. The van der Waals surface area contributed by atoms with Gasteiger partial charge in [0.1, 0.15) is 10.6 Å². The summed E-state index contributed by atoms with van der Waals surface area (Å²) in [5.41, 5.74) is 0.156. The molecule has 0 aliphatic rings. The number of amides is 1. The quantitative estimate of drug-likeness (QED) is 0.899. The second-order valence-electron chi connectivity index (χ2n) is 3.85. The lowest BCUT2D eigenvalue weighted by molar-refractivity contribution is 0.102. The van der Waals surface area contributed by atoms with E-state index in [1.54, 1.807) is 6.07 Å². The summed E-state index contributed by atoms with van der Waals surface area (Å²) in [4.78, 5) is 15.7. The van der Waals surface area contributed by atoms with Gasteiger partial charge < -0.3 is 5.32 Å². The molecule has 0 saturated carbocycles. The van der Waals surface area contributed by atoms with Crippen LogP contribution in [0, 0.1) is 0 Å². The van der Waals surface area contributed by atoms with Crippen molar-refractivity contribution < 1.29 is 13.2 Å². The number of hydrogen-bond donors (Lipinski definition) is 2. The fraction of sp³-hybridized carbons (Fsp3) is 0. The molecule has 1 heterocycles. The fourth-order valence-electron chi connectivity index (χ4n) is 1.53. The van der Waals surface area contributed by atoms with E-state index in [0.717, 1.165) is 0 Å². The molecule has 20 heavy (non-hydrogen) atoms. The van der Waals surface area contributed by atoms with E-state index in [9.17, 15) is 13.2 Å². The van der Waals surface area contributed by atoms with E-state index in [2.05, 4.69) is 10.3 Å². The highest BCUT2D eigenvalue weighted by Gasteiger charge is 2.16. The maximum atomic E-state index is 12.0. The number of rotatable bonds is 3. The molecule has 6 nitrogen and oxygen atoms in total. The normalized spacial score (nSPS) is 11.1. The number of sulfonamides is 1. The molecule has 8 heteroatoms. The van der Waals surface area contributed by atoms with E-state index in [1.165, 1.54) is 36.5 Å². The Bertz CT molecular complexity index is 762. The number of carbonyl (C=O) groups is 1. The maximum absolute atomic E-state index is 12.0. The van der Waals surface area contributed by atoms with Crippen LogP contribution in [0.2, 0.25) is 5.02 Å². The lowest BCUT2D eigenvalue weighted by Crippen LogP contribution is -2.19.